The van der Waals surface area contributed by atoms with Crippen LogP contribution in [0, 0.1) is 0 Å². The first kappa shape index (κ1) is 13.1. The number of carbonyl (C=O) groups is 2. The third-order valence-corrected chi connectivity index (χ3v) is 4.23. The van der Waals surface area contributed by atoms with Crippen LogP contribution in [0.15, 0.2) is 11.4 Å². The fourth-order valence-electron chi connectivity index (χ4n) is 2.33. The second-order valence-electron chi connectivity index (χ2n) is 4.53. The molecule has 0 aliphatic heterocycles. The van der Waals surface area contributed by atoms with Crippen LogP contribution in [0.5, 0.6) is 0 Å². The molecule has 1 amide bonds. The zero-order chi connectivity index (χ0) is 13.0. The summed E-state index contributed by atoms with van der Waals surface area (Å²) in [5, 5.41) is 13.4. The topological polar surface area (TPSA) is 66.4 Å². The predicted octanol–water partition coefficient (Wildman–Crippen LogP) is 2.15. The lowest BCUT2D eigenvalue weighted by Gasteiger charge is -2.21. The zero-order valence-electron chi connectivity index (χ0n) is 10.1. The first-order chi connectivity index (χ1) is 8.68. The van der Waals surface area contributed by atoms with E-state index in [1.54, 1.807) is 11.3 Å². The van der Waals surface area contributed by atoms with E-state index in [0.29, 0.717) is 13.0 Å². The van der Waals surface area contributed by atoms with E-state index in [-0.39, 0.29) is 18.2 Å². The number of aryl methyl sites for hydroxylation is 1. The van der Waals surface area contributed by atoms with Crippen molar-refractivity contribution in [1.82, 2.24) is 5.32 Å². The Morgan fingerprint density at radius 1 is 1.50 bits per heavy atom. The number of carboxylic acid groups (broad SMARTS) is 1. The largest absolute Gasteiger partial charge is 0.481 e. The van der Waals surface area contributed by atoms with Crippen LogP contribution >= 0.6 is 11.3 Å². The lowest BCUT2D eigenvalue weighted by molar-refractivity contribution is -0.137. The van der Waals surface area contributed by atoms with E-state index in [0.717, 1.165) is 19.3 Å². The minimum atomic E-state index is -0.818. The summed E-state index contributed by atoms with van der Waals surface area (Å²) in [4.78, 5) is 23.7. The molecule has 0 radical (unpaired) electrons. The number of carboxylic acids is 1. The third kappa shape index (κ3) is 3.10. The van der Waals surface area contributed by atoms with Crippen molar-refractivity contribution >= 4 is 23.2 Å². The maximum absolute atomic E-state index is 12.0. The fourth-order valence-corrected chi connectivity index (χ4v) is 3.32. The highest BCUT2D eigenvalue weighted by molar-refractivity contribution is 7.10. The van der Waals surface area contributed by atoms with E-state index in [9.17, 15) is 9.59 Å². The minimum Gasteiger partial charge on any atom is -0.481 e. The van der Waals surface area contributed by atoms with Crippen molar-refractivity contribution in [2.45, 2.75) is 38.0 Å². The second-order valence-corrected chi connectivity index (χ2v) is 5.53. The van der Waals surface area contributed by atoms with E-state index in [1.165, 1.54) is 10.4 Å². The Morgan fingerprint density at radius 3 is 3.11 bits per heavy atom. The molecule has 5 heteroatoms. The van der Waals surface area contributed by atoms with Gasteiger partial charge in [-0.05, 0) is 42.7 Å². The molecule has 1 aromatic rings. The standard InChI is InChI=1S/C13H17NO3S/c15-12(16)5-2-7-14-13(17)10-3-1-4-11-9(10)6-8-18-11/h6,8,10H,1-5,7H2,(H,14,17)(H,15,16). The van der Waals surface area contributed by atoms with Gasteiger partial charge in [0.05, 0.1) is 5.92 Å². The maximum atomic E-state index is 12.0. The zero-order valence-corrected chi connectivity index (χ0v) is 11.0. The van der Waals surface area contributed by atoms with Gasteiger partial charge in [-0.25, -0.2) is 0 Å². The molecule has 1 aliphatic rings. The van der Waals surface area contributed by atoms with E-state index in [4.69, 9.17) is 5.11 Å². The summed E-state index contributed by atoms with van der Waals surface area (Å²) in [5.41, 5.74) is 1.17. The maximum Gasteiger partial charge on any atom is 0.303 e. The van der Waals surface area contributed by atoms with Gasteiger partial charge in [-0.1, -0.05) is 0 Å². The highest BCUT2D eigenvalue weighted by atomic mass is 32.1. The van der Waals surface area contributed by atoms with Crippen LogP contribution in [0.25, 0.3) is 0 Å². The molecule has 4 nitrogen and oxygen atoms in total. The molecule has 2 rings (SSSR count). The first-order valence-corrected chi connectivity index (χ1v) is 7.12. The Balaban J connectivity index is 1.85. The normalized spacial score (nSPS) is 18.1. The number of carbonyl (C=O) groups excluding carboxylic acids is 1. The Morgan fingerprint density at radius 2 is 2.33 bits per heavy atom. The molecule has 0 saturated heterocycles. The number of nitrogens with one attached hydrogen (secondary N) is 1. The van der Waals surface area contributed by atoms with Gasteiger partial charge in [0.1, 0.15) is 0 Å². The van der Waals surface area contributed by atoms with Crippen LogP contribution in [0.1, 0.15) is 42.0 Å². The van der Waals surface area contributed by atoms with Crippen LogP contribution < -0.4 is 5.32 Å². The number of hydrogen-bond acceptors (Lipinski definition) is 3. The number of rotatable bonds is 5. The summed E-state index contributed by atoms with van der Waals surface area (Å²) < 4.78 is 0. The smallest absolute Gasteiger partial charge is 0.303 e. The summed E-state index contributed by atoms with van der Waals surface area (Å²) in [7, 11) is 0. The molecule has 0 fully saturated rings. The molecule has 1 aliphatic carbocycles. The highest BCUT2D eigenvalue weighted by Gasteiger charge is 2.26. The van der Waals surface area contributed by atoms with Gasteiger partial charge in [0, 0.05) is 17.8 Å². The molecule has 0 spiro atoms. The molecule has 0 saturated carbocycles. The van der Waals surface area contributed by atoms with Gasteiger partial charge in [-0.15, -0.1) is 11.3 Å². The highest BCUT2D eigenvalue weighted by Crippen LogP contribution is 2.34. The molecule has 1 heterocycles. The monoisotopic (exact) mass is 267 g/mol. The molecular formula is C13H17NO3S. The molecule has 1 atom stereocenters. The molecule has 2 N–H and O–H groups in total. The van der Waals surface area contributed by atoms with E-state index in [1.807, 2.05) is 11.4 Å². The van der Waals surface area contributed by atoms with Gasteiger partial charge in [0.2, 0.25) is 5.91 Å². The molecule has 0 aromatic carbocycles. The Bertz CT molecular complexity index is 441. The van der Waals surface area contributed by atoms with Crippen molar-refractivity contribution < 1.29 is 14.7 Å². The van der Waals surface area contributed by atoms with Crippen molar-refractivity contribution in [3.05, 3.63) is 21.9 Å². The SMILES string of the molecule is O=C(O)CCCNC(=O)C1CCCc2sccc21. The summed E-state index contributed by atoms with van der Waals surface area (Å²) in [6.07, 6.45) is 3.63. The number of hydrogen-bond donors (Lipinski definition) is 2. The Labute approximate surface area is 110 Å². The van der Waals surface area contributed by atoms with Gasteiger partial charge >= 0.3 is 5.97 Å². The van der Waals surface area contributed by atoms with Crippen molar-refractivity contribution in [2.24, 2.45) is 0 Å². The molecular weight excluding hydrogens is 250 g/mol. The van der Waals surface area contributed by atoms with Crippen molar-refractivity contribution in [3.8, 4) is 0 Å². The first-order valence-electron chi connectivity index (χ1n) is 6.24. The van der Waals surface area contributed by atoms with E-state index < -0.39 is 5.97 Å². The molecule has 18 heavy (non-hydrogen) atoms. The number of amides is 1. The minimum absolute atomic E-state index is 0.0372. The van der Waals surface area contributed by atoms with Crippen LogP contribution in [-0.4, -0.2) is 23.5 Å². The second kappa shape index (κ2) is 6.00. The summed E-state index contributed by atoms with van der Waals surface area (Å²) in [5.74, 6) is -0.813. The van der Waals surface area contributed by atoms with Gasteiger partial charge in [0.15, 0.2) is 0 Å². The van der Waals surface area contributed by atoms with Crippen LogP contribution in [0.3, 0.4) is 0 Å². The molecule has 1 aromatic heterocycles. The summed E-state index contributed by atoms with van der Waals surface area (Å²) >= 11 is 1.72. The predicted molar refractivity (Wildman–Crippen MR) is 69.9 cm³/mol. The number of aliphatic carboxylic acids is 1. The average Bonchev–Trinajstić information content (AvgIpc) is 2.82. The van der Waals surface area contributed by atoms with E-state index in [2.05, 4.69) is 5.32 Å². The third-order valence-electron chi connectivity index (χ3n) is 3.24. The van der Waals surface area contributed by atoms with Crippen LogP contribution in [0.4, 0.5) is 0 Å². The molecule has 98 valence electrons. The quantitative estimate of drug-likeness (QED) is 0.803. The molecule has 1 unspecified atom stereocenters. The van der Waals surface area contributed by atoms with Crippen molar-refractivity contribution in [2.75, 3.05) is 6.54 Å². The average molecular weight is 267 g/mol. The number of fused-ring (bicyclic) bond motifs is 1. The van der Waals surface area contributed by atoms with Gasteiger partial charge in [0.25, 0.3) is 0 Å². The van der Waals surface area contributed by atoms with Gasteiger partial charge < -0.3 is 10.4 Å². The molecule has 0 bridgehead atoms. The van der Waals surface area contributed by atoms with Crippen molar-refractivity contribution in [1.29, 1.82) is 0 Å². The fraction of sp³-hybridized carbons (Fsp3) is 0.538. The van der Waals surface area contributed by atoms with Gasteiger partial charge in [-0.3, -0.25) is 9.59 Å². The van der Waals surface area contributed by atoms with E-state index >= 15 is 0 Å². The Kier molecular flexibility index (Phi) is 4.36. The lowest BCUT2D eigenvalue weighted by Crippen LogP contribution is -2.31. The lowest BCUT2D eigenvalue weighted by atomic mass is 9.87. The Hall–Kier alpha value is -1.36. The van der Waals surface area contributed by atoms with Crippen molar-refractivity contribution in [3.63, 3.8) is 0 Å². The van der Waals surface area contributed by atoms with Gasteiger partial charge in [-0.2, -0.15) is 0 Å². The summed E-state index contributed by atoms with van der Waals surface area (Å²) in [6.45, 7) is 0.446. The summed E-state index contributed by atoms with van der Waals surface area (Å²) in [6, 6.07) is 2.04. The van der Waals surface area contributed by atoms with Crippen LogP contribution in [0.2, 0.25) is 0 Å². The number of thiophene rings is 1. The van der Waals surface area contributed by atoms with Crippen LogP contribution in [-0.2, 0) is 16.0 Å².